The zero-order valence-electron chi connectivity index (χ0n) is 11.0. The van der Waals surface area contributed by atoms with Gasteiger partial charge < -0.3 is 5.32 Å². The van der Waals surface area contributed by atoms with Crippen molar-refractivity contribution in [2.24, 2.45) is 0 Å². The van der Waals surface area contributed by atoms with Crippen molar-refractivity contribution < 1.29 is 0 Å². The van der Waals surface area contributed by atoms with Crippen molar-refractivity contribution in [3.05, 3.63) is 23.9 Å². The first-order chi connectivity index (χ1) is 8.04. The van der Waals surface area contributed by atoms with E-state index >= 15 is 0 Å². The second-order valence-corrected chi connectivity index (χ2v) is 7.49. The van der Waals surface area contributed by atoms with E-state index in [0.29, 0.717) is 6.04 Å². The van der Waals surface area contributed by atoms with E-state index in [-0.39, 0.29) is 4.75 Å². The SMILES string of the molecule is CC(C)(C)Sc1ccc([C@H]2CCCCN2)cn1. The summed E-state index contributed by atoms with van der Waals surface area (Å²) in [6.07, 6.45) is 5.92. The quantitative estimate of drug-likeness (QED) is 0.808. The Morgan fingerprint density at radius 2 is 2.12 bits per heavy atom. The molecule has 0 bridgehead atoms. The zero-order valence-corrected chi connectivity index (χ0v) is 11.8. The van der Waals surface area contributed by atoms with Crippen LogP contribution < -0.4 is 5.32 Å². The Labute approximate surface area is 109 Å². The van der Waals surface area contributed by atoms with Crippen LogP contribution in [0.15, 0.2) is 23.4 Å². The maximum absolute atomic E-state index is 4.56. The fraction of sp³-hybridized carbons (Fsp3) is 0.643. The smallest absolute Gasteiger partial charge is 0.0965 e. The number of hydrogen-bond acceptors (Lipinski definition) is 3. The number of thioether (sulfide) groups is 1. The topological polar surface area (TPSA) is 24.9 Å². The average Bonchev–Trinajstić information content (AvgIpc) is 2.29. The predicted octanol–water partition coefficient (Wildman–Crippen LogP) is 3.79. The number of hydrogen-bond donors (Lipinski definition) is 1. The summed E-state index contributed by atoms with van der Waals surface area (Å²) in [5, 5.41) is 4.68. The van der Waals surface area contributed by atoms with Crippen LogP contribution in [-0.4, -0.2) is 16.3 Å². The van der Waals surface area contributed by atoms with Crippen LogP contribution in [0.4, 0.5) is 0 Å². The lowest BCUT2D eigenvalue weighted by molar-refractivity contribution is 0.411. The number of piperidine rings is 1. The summed E-state index contributed by atoms with van der Waals surface area (Å²) in [5.74, 6) is 0. The first kappa shape index (κ1) is 12.9. The van der Waals surface area contributed by atoms with Gasteiger partial charge in [-0.25, -0.2) is 4.98 Å². The number of pyridine rings is 1. The number of nitrogens with zero attached hydrogens (tertiary/aromatic N) is 1. The third kappa shape index (κ3) is 4.00. The van der Waals surface area contributed by atoms with E-state index in [4.69, 9.17) is 0 Å². The highest BCUT2D eigenvalue weighted by Gasteiger charge is 2.16. The van der Waals surface area contributed by atoms with Gasteiger partial charge in [-0.1, -0.05) is 33.3 Å². The molecule has 1 aliphatic heterocycles. The highest BCUT2D eigenvalue weighted by atomic mass is 32.2. The summed E-state index contributed by atoms with van der Waals surface area (Å²) in [6, 6.07) is 4.90. The number of aromatic nitrogens is 1. The monoisotopic (exact) mass is 250 g/mol. The van der Waals surface area contributed by atoms with Gasteiger partial charge in [0.25, 0.3) is 0 Å². The highest BCUT2D eigenvalue weighted by Crippen LogP contribution is 2.31. The van der Waals surface area contributed by atoms with E-state index < -0.39 is 0 Å². The second-order valence-electron chi connectivity index (χ2n) is 5.65. The molecule has 17 heavy (non-hydrogen) atoms. The molecule has 3 heteroatoms. The molecule has 2 rings (SSSR count). The Hall–Kier alpha value is -0.540. The van der Waals surface area contributed by atoms with Crippen LogP contribution in [0.2, 0.25) is 0 Å². The van der Waals surface area contributed by atoms with E-state index in [2.05, 4.69) is 43.2 Å². The van der Waals surface area contributed by atoms with Crippen LogP contribution in [0.3, 0.4) is 0 Å². The third-order valence-electron chi connectivity index (χ3n) is 2.88. The molecule has 1 aromatic heterocycles. The van der Waals surface area contributed by atoms with Crippen LogP contribution in [0, 0.1) is 0 Å². The van der Waals surface area contributed by atoms with Crippen molar-refractivity contribution in [1.82, 2.24) is 10.3 Å². The summed E-state index contributed by atoms with van der Waals surface area (Å²) in [5.41, 5.74) is 1.34. The molecule has 2 heterocycles. The minimum absolute atomic E-state index is 0.234. The summed E-state index contributed by atoms with van der Waals surface area (Å²) >= 11 is 1.82. The number of rotatable bonds is 2. The van der Waals surface area contributed by atoms with Gasteiger partial charge in [0.1, 0.15) is 0 Å². The zero-order chi connectivity index (χ0) is 12.3. The molecule has 0 unspecified atom stereocenters. The lowest BCUT2D eigenvalue weighted by Gasteiger charge is -2.24. The highest BCUT2D eigenvalue weighted by molar-refractivity contribution is 8.00. The normalized spacial score (nSPS) is 21.5. The molecular formula is C14H22N2S. The molecule has 1 aromatic rings. The van der Waals surface area contributed by atoms with E-state index in [1.165, 1.54) is 24.8 Å². The van der Waals surface area contributed by atoms with Gasteiger partial charge in [-0.2, -0.15) is 0 Å². The standard InChI is InChI=1S/C14H22N2S/c1-14(2,3)17-13-8-7-11(10-16-13)12-6-4-5-9-15-12/h7-8,10,12,15H,4-6,9H2,1-3H3/t12-/m1/s1. The van der Waals surface area contributed by atoms with E-state index in [9.17, 15) is 0 Å². The van der Waals surface area contributed by atoms with Crippen molar-refractivity contribution in [3.8, 4) is 0 Å². The largest absolute Gasteiger partial charge is 0.310 e. The predicted molar refractivity (Wildman–Crippen MR) is 74.4 cm³/mol. The van der Waals surface area contributed by atoms with Gasteiger partial charge in [-0.05, 0) is 31.0 Å². The minimum atomic E-state index is 0.234. The van der Waals surface area contributed by atoms with Crippen LogP contribution >= 0.6 is 11.8 Å². The molecule has 0 saturated carbocycles. The third-order valence-corrected chi connectivity index (χ3v) is 3.95. The van der Waals surface area contributed by atoms with Crippen molar-refractivity contribution in [2.45, 2.75) is 55.8 Å². The Kier molecular flexibility index (Phi) is 4.10. The van der Waals surface area contributed by atoms with Gasteiger partial charge in [-0.15, -0.1) is 11.8 Å². The molecule has 1 fully saturated rings. The number of nitrogens with one attached hydrogen (secondary N) is 1. The Morgan fingerprint density at radius 3 is 2.65 bits per heavy atom. The van der Waals surface area contributed by atoms with Crippen molar-refractivity contribution >= 4 is 11.8 Å². The average molecular weight is 250 g/mol. The van der Waals surface area contributed by atoms with Gasteiger partial charge in [-0.3, -0.25) is 0 Å². The molecule has 0 aliphatic carbocycles. The van der Waals surface area contributed by atoms with Crippen LogP contribution in [-0.2, 0) is 0 Å². The molecule has 0 amide bonds. The maximum atomic E-state index is 4.56. The first-order valence-corrected chi connectivity index (χ1v) is 7.25. The van der Waals surface area contributed by atoms with Gasteiger partial charge in [0.05, 0.1) is 5.03 Å². The van der Waals surface area contributed by atoms with Crippen LogP contribution in [0.25, 0.3) is 0 Å². The fourth-order valence-electron chi connectivity index (χ4n) is 2.11. The van der Waals surface area contributed by atoms with Crippen molar-refractivity contribution in [1.29, 1.82) is 0 Å². The minimum Gasteiger partial charge on any atom is -0.310 e. The van der Waals surface area contributed by atoms with Gasteiger partial charge in [0.2, 0.25) is 0 Å². The molecule has 1 aliphatic rings. The van der Waals surface area contributed by atoms with Crippen LogP contribution in [0.1, 0.15) is 51.6 Å². The molecule has 1 saturated heterocycles. The summed E-state index contributed by atoms with van der Waals surface area (Å²) in [7, 11) is 0. The van der Waals surface area contributed by atoms with Crippen molar-refractivity contribution in [2.75, 3.05) is 6.54 Å². The van der Waals surface area contributed by atoms with Crippen LogP contribution in [0.5, 0.6) is 0 Å². The Morgan fingerprint density at radius 1 is 1.29 bits per heavy atom. The van der Waals surface area contributed by atoms with Gasteiger partial charge in [0, 0.05) is 17.0 Å². The molecule has 0 aromatic carbocycles. The molecule has 2 nitrogen and oxygen atoms in total. The maximum Gasteiger partial charge on any atom is 0.0965 e. The van der Waals surface area contributed by atoms with Gasteiger partial charge in [0.15, 0.2) is 0 Å². The van der Waals surface area contributed by atoms with E-state index in [1.807, 2.05) is 18.0 Å². The molecule has 1 N–H and O–H groups in total. The molecular weight excluding hydrogens is 228 g/mol. The van der Waals surface area contributed by atoms with Crippen molar-refractivity contribution in [3.63, 3.8) is 0 Å². The van der Waals surface area contributed by atoms with E-state index in [1.54, 1.807) is 0 Å². The lowest BCUT2D eigenvalue weighted by atomic mass is 9.99. The molecule has 1 atom stereocenters. The fourth-order valence-corrected chi connectivity index (χ4v) is 2.98. The Balaban J connectivity index is 2.02. The Bertz CT molecular complexity index is 347. The first-order valence-electron chi connectivity index (χ1n) is 6.43. The van der Waals surface area contributed by atoms with Gasteiger partial charge >= 0.3 is 0 Å². The summed E-state index contributed by atoms with van der Waals surface area (Å²) in [6.45, 7) is 7.80. The summed E-state index contributed by atoms with van der Waals surface area (Å²) in [4.78, 5) is 4.56. The lowest BCUT2D eigenvalue weighted by Crippen LogP contribution is -2.26. The van der Waals surface area contributed by atoms with E-state index in [0.717, 1.165) is 11.6 Å². The second kappa shape index (κ2) is 5.40. The molecule has 94 valence electrons. The molecule has 0 spiro atoms. The molecule has 0 radical (unpaired) electrons. The summed E-state index contributed by atoms with van der Waals surface area (Å²) < 4.78 is 0.234.